The summed E-state index contributed by atoms with van der Waals surface area (Å²) in [5.74, 6) is 0.476. The highest BCUT2D eigenvalue weighted by atomic mass is 16.2. The minimum atomic E-state index is -0.410. The molecule has 0 aliphatic heterocycles. The Labute approximate surface area is 164 Å². The maximum Gasteiger partial charge on any atom is 0.332 e. The maximum absolute atomic E-state index is 12.6. The summed E-state index contributed by atoms with van der Waals surface area (Å²) in [6.07, 6.45) is 5.04. The molecule has 1 saturated carbocycles. The first-order valence-electron chi connectivity index (χ1n) is 10.3. The topological polar surface area (TPSA) is 97.9 Å². The smallest absolute Gasteiger partial charge is 0.310 e. The van der Waals surface area contributed by atoms with Gasteiger partial charge in [0.15, 0.2) is 17.0 Å². The van der Waals surface area contributed by atoms with Gasteiger partial charge >= 0.3 is 5.69 Å². The molecule has 9 nitrogen and oxygen atoms in total. The van der Waals surface area contributed by atoms with Gasteiger partial charge in [0, 0.05) is 13.1 Å². The van der Waals surface area contributed by atoms with Crippen molar-refractivity contribution in [2.45, 2.75) is 58.5 Å². The molecule has 28 heavy (non-hydrogen) atoms. The van der Waals surface area contributed by atoms with Crippen LogP contribution in [0.4, 0.5) is 0 Å². The van der Waals surface area contributed by atoms with Gasteiger partial charge in [-0.15, -0.1) is 10.2 Å². The fraction of sp³-hybridized carbons (Fsp3) is 0.737. The third-order valence-corrected chi connectivity index (χ3v) is 5.64. The number of aromatic nitrogens is 5. The van der Waals surface area contributed by atoms with E-state index >= 15 is 0 Å². The summed E-state index contributed by atoms with van der Waals surface area (Å²) < 4.78 is 2.75. The van der Waals surface area contributed by atoms with E-state index in [-0.39, 0.29) is 17.2 Å². The Balaban J connectivity index is 1.76. The van der Waals surface area contributed by atoms with Crippen molar-refractivity contribution in [1.82, 2.24) is 34.5 Å². The van der Waals surface area contributed by atoms with Gasteiger partial charge in [-0.3, -0.25) is 13.9 Å². The molecule has 0 bridgehead atoms. The zero-order chi connectivity index (χ0) is 20.1. The van der Waals surface area contributed by atoms with Gasteiger partial charge in [0.1, 0.15) is 0 Å². The monoisotopic (exact) mass is 389 g/mol. The summed E-state index contributed by atoms with van der Waals surface area (Å²) >= 11 is 0. The number of hydrogen-bond acceptors (Lipinski definition) is 7. The Bertz CT molecular complexity index is 911. The predicted octanol–water partition coefficient (Wildman–Crippen LogP) is 0.822. The second kappa shape index (κ2) is 9.38. The van der Waals surface area contributed by atoms with Gasteiger partial charge in [0.2, 0.25) is 0 Å². The molecule has 2 heterocycles. The van der Waals surface area contributed by atoms with E-state index in [1.807, 2.05) is 0 Å². The standard InChI is InChI=1S/C19H31N7O2/c1-4-25(5-2)12-8-11-20-13-15-21-16-17(23-22-15)26(14-9-6-7-10-14)19(28)24(3)18(16)27/h14,20H,4-13H2,1-3H3. The van der Waals surface area contributed by atoms with Gasteiger partial charge in [0.05, 0.1) is 6.54 Å². The molecule has 1 fully saturated rings. The first kappa shape index (κ1) is 20.6. The lowest BCUT2D eigenvalue weighted by Gasteiger charge is -2.17. The first-order chi connectivity index (χ1) is 13.6. The summed E-state index contributed by atoms with van der Waals surface area (Å²) in [7, 11) is 1.50. The van der Waals surface area contributed by atoms with Crippen LogP contribution < -0.4 is 16.6 Å². The van der Waals surface area contributed by atoms with Crippen LogP contribution in [0.1, 0.15) is 57.8 Å². The molecule has 0 aromatic carbocycles. The van der Waals surface area contributed by atoms with Crippen molar-refractivity contribution >= 4 is 11.2 Å². The number of fused-ring (bicyclic) bond motifs is 1. The van der Waals surface area contributed by atoms with Crippen LogP contribution in [-0.2, 0) is 13.6 Å². The van der Waals surface area contributed by atoms with Crippen LogP contribution in [-0.4, -0.2) is 55.4 Å². The Hall–Kier alpha value is -2.13. The van der Waals surface area contributed by atoms with E-state index < -0.39 is 5.56 Å². The van der Waals surface area contributed by atoms with E-state index in [1.54, 1.807) is 4.57 Å². The second-order valence-electron chi connectivity index (χ2n) is 7.41. The Morgan fingerprint density at radius 1 is 1.14 bits per heavy atom. The molecule has 1 aliphatic carbocycles. The fourth-order valence-electron chi connectivity index (χ4n) is 3.89. The quantitative estimate of drug-likeness (QED) is 0.634. The molecule has 1 aliphatic rings. The Morgan fingerprint density at radius 2 is 1.86 bits per heavy atom. The highest BCUT2D eigenvalue weighted by Crippen LogP contribution is 2.29. The van der Waals surface area contributed by atoms with Gasteiger partial charge in [-0.25, -0.2) is 9.78 Å². The lowest BCUT2D eigenvalue weighted by Crippen LogP contribution is -2.40. The molecular weight excluding hydrogens is 358 g/mol. The molecule has 9 heteroatoms. The summed E-state index contributed by atoms with van der Waals surface area (Å²) in [6, 6.07) is 0.0713. The van der Waals surface area contributed by atoms with Crippen LogP contribution in [0.25, 0.3) is 11.2 Å². The minimum Gasteiger partial charge on any atom is -0.310 e. The van der Waals surface area contributed by atoms with Crippen LogP contribution >= 0.6 is 0 Å². The lowest BCUT2D eigenvalue weighted by molar-refractivity contribution is 0.297. The molecule has 0 spiro atoms. The summed E-state index contributed by atoms with van der Waals surface area (Å²) in [5, 5.41) is 11.7. The molecule has 0 unspecified atom stereocenters. The van der Waals surface area contributed by atoms with Gasteiger partial charge in [-0.1, -0.05) is 26.7 Å². The third kappa shape index (κ3) is 4.30. The number of hydrogen-bond donors (Lipinski definition) is 1. The van der Waals surface area contributed by atoms with E-state index in [2.05, 4.69) is 39.2 Å². The number of nitrogens with zero attached hydrogens (tertiary/aromatic N) is 6. The van der Waals surface area contributed by atoms with E-state index in [0.717, 1.165) is 62.9 Å². The van der Waals surface area contributed by atoms with E-state index in [1.165, 1.54) is 7.05 Å². The van der Waals surface area contributed by atoms with Crippen molar-refractivity contribution in [3.05, 3.63) is 26.7 Å². The third-order valence-electron chi connectivity index (χ3n) is 5.64. The number of nitrogens with one attached hydrogen (secondary N) is 1. The van der Waals surface area contributed by atoms with Gasteiger partial charge in [-0.05, 0) is 45.4 Å². The molecule has 0 radical (unpaired) electrons. The highest BCUT2D eigenvalue weighted by Gasteiger charge is 2.24. The molecule has 1 N–H and O–H groups in total. The van der Waals surface area contributed by atoms with Gasteiger partial charge in [-0.2, -0.15) is 0 Å². The van der Waals surface area contributed by atoms with Crippen molar-refractivity contribution in [3.8, 4) is 0 Å². The number of rotatable bonds is 9. The second-order valence-corrected chi connectivity index (χ2v) is 7.41. The lowest BCUT2D eigenvalue weighted by atomic mass is 10.2. The SMILES string of the molecule is CCN(CC)CCCNCc1nnc2c(n1)c(=O)n(C)c(=O)n2C1CCCC1. The van der Waals surface area contributed by atoms with Crippen molar-refractivity contribution < 1.29 is 0 Å². The molecule has 154 valence electrons. The van der Waals surface area contributed by atoms with Crippen molar-refractivity contribution in [2.24, 2.45) is 7.05 Å². The fourth-order valence-corrected chi connectivity index (χ4v) is 3.89. The van der Waals surface area contributed by atoms with Crippen LogP contribution in [0.2, 0.25) is 0 Å². The summed E-state index contributed by atoms with van der Waals surface area (Å²) in [6.45, 7) is 8.78. The predicted molar refractivity (Wildman–Crippen MR) is 108 cm³/mol. The molecule has 0 atom stereocenters. The molecule has 3 rings (SSSR count). The van der Waals surface area contributed by atoms with Gasteiger partial charge in [0.25, 0.3) is 5.56 Å². The zero-order valence-corrected chi connectivity index (χ0v) is 17.1. The maximum atomic E-state index is 12.6. The highest BCUT2D eigenvalue weighted by molar-refractivity contribution is 5.68. The Morgan fingerprint density at radius 3 is 2.54 bits per heavy atom. The minimum absolute atomic E-state index is 0.0713. The first-order valence-corrected chi connectivity index (χ1v) is 10.3. The van der Waals surface area contributed by atoms with Gasteiger partial charge < -0.3 is 10.2 Å². The van der Waals surface area contributed by atoms with E-state index in [9.17, 15) is 9.59 Å². The average molecular weight is 390 g/mol. The van der Waals surface area contributed by atoms with Crippen molar-refractivity contribution in [2.75, 3.05) is 26.2 Å². The van der Waals surface area contributed by atoms with Crippen molar-refractivity contribution in [3.63, 3.8) is 0 Å². The molecule has 0 saturated heterocycles. The molecule has 0 amide bonds. The van der Waals surface area contributed by atoms with Crippen LogP contribution in [0.5, 0.6) is 0 Å². The van der Waals surface area contributed by atoms with Crippen molar-refractivity contribution in [1.29, 1.82) is 0 Å². The molecular formula is C19H31N7O2. The van der Waals surface area contributed by atoms with Crippen LogP contribution in [0, 0.1) is 0 Å². The van der Waals surface area contributed by atoms with E-state index in [4.69, 9.17) is 0 Å². The molecule has 2 aromatic rings. The normalized spacial score (nSPS) is 15.1. The summed E-state index contributed by atoms with van der Waals surface area (Å²) in [5.41, 5.74) is -0.205. The molecule has 2 aromatic heterocycles. The van der Waals surface area contributed by atoms with Crippen LogP contribution in [0.3, 0.4) is 0 Å². The summed E-state index contributed by atoms with van der Waals surface area (Å²) in [4.78, 5) is 32.0. The average Bonchev–Trinajstić information content (AvgIpc) is 3.24. The van der Waals surface area contributed by atoms with E-state index in [0.29, 0.717) is 18.0 Å². The Kier molecular flexibility index (Phi) is 6.90. The zero-order valence-electron chi connectivity index (χ0n) is 17.1. The van der Waals surface area contributed by atoms with Crippen LogP contribution in [0.15, 0.2) is 9.59 Å². The largest absolute Gasteiger partial charge is 0.332 e.